The zero-order valence-corrected chi connectivity index (χ0v) is 7.81. The second kappa shape index (κ2) is 3.41. The van der Waals surface area contributed by atoms with Gasteiger partial charge in [0.05, 0.1) is 5.69 Å². The molecule has 0 fully saturated rings. The molecular weight excluding hydrogens is 176 g/mol. The predicted molar refractivity (Wildman–Crippen MR) is 54.4 cm³/mol. The van der Waals surface area contributed by atoms with Crippen molar-refractivity contribution in [3.05, 3.63) is 36.3 Å². The first-order chi connectivity index (χ1) is 6.77. The van der Waals surface area contributed by atoms with Crippen LogP contribution in [0.3, 0.4) is 0 Å². The van der Waals surface area contributed by atoms with E-state index in [0.717, 1.165) is 16.8 Å². The molecule has 2 heterocycles. The molecule has 0 saturated heterocycles. The van der Waals surface area contributed by atoms with Crippen molar-refractivity contribution in [2.75, 3.05) is 5.73 Å². The van der Waals surface area contributed by atoms with E-state index in [1.54, 1.807) is 18.6 Å². The van der Waals surface area contributed by atoms with E-state index in [9.17, 15) is 0 Å². The Balaban J connectivity index is 2.55. The van der Waals surface area contributed by atoms with Crippen molar-refractivity contribution >= 4 is 5.95 Å². The van der Waals surface area contributed by atoms with Crippen molar-refractivity contribution < 1.29 is 0 Å². The standard InChI is InChI=1S/C10H10N4/c1-7-6-12-4-2-8(7)9-3-5-13-10(11)14-9/h2-6H,1H3,(H2,11,13,14). The van der Waals surface area contributed by atoms with Gasteiger partial charge < -0.3 is 5.73 Å². The zero-order valence-electron chi connectivity index (χ0n) is 7.81. The SMILES string of the molecule is Cc1cnccc1-c1ccnc(N)n1. The molecule has 0 saturated carbocycles. The third-order valence-electron chi connectivity index (χ3n) is 1.97. The second-order valence-electron chi connectivity index (χ2n) is 2.99. The zero-order chi connectivity index (χ0) is 9.97. The quantitative estimate of drug-likeness (QED) is 0.731. The number of hydrogen-bond donors (Lipinski definition) is 1. The van der Waals surface area contributed by atoms with Gasteiger partial charge in [-0.05, 0) is 24.6 Å². The van der Waals surface area contributed by atoms with Crippen LogP contribution in [0.15, 0.2) is 30.7 Å². The van der Waals surface area contributed by atoms with Gasteiger partial charge in [-0.15, -0.1) is 0 Å². The van der Waals surface area contributed by atoms with Gasteiger partial charge in [-0.1, -0.05) is 0 Å². The lowest BCUT2D eigenvalue weighted by Crippen LogP contribution is -1.96. The Morgan fingerprint density at radius 3 is 2.79 bits per heavy atom. The molecule has 2 rings (SSSR count). The number of rotatable bonds is 1. The number of nitrogens with two attached hydrogens (primary N) is 1. The fraction of sp³-hybridized carbons (Fsp3) is 0.100. The fourth-order valence-corrected chi connectivity index (χ4v) is 1.28. The van der Waals surface area contributed by atoms with Gasteiger partial charge >= 0.3 is 0 Å². The topological polar surface area (TPSA) is 64.7 Å². The summed E-state index contributed by atoms with van der Waals surface area (Å²) in [5.41, 5.74) is 8.45. The summed E-state index contributed by atoms with van der Waals surface area (Å²) in [5, 5.41) is 0. The predicted octanol–water partition coefficient (Wildman–Crippen LogP) is 1.43. The molecule has 70 valence electrons. The Morgan fingerprint density at radius 2 is 2.07 bits per heavy atom. The van der Waals surface area contributed by atoms with Crippen molar-refractivity contribution in [1.29, 1.82) is 0 Å². The number of aryl methyl sites for hydroxylation is 1. The summed E-state index contributed by atoms with van der Waals surface area (Å²) < 4.78 is 0. The normalized spacial score (nSPS) is 10.1. The molecule has 0 unspecified atom stereocenters. The van der Waals surface area contributed by atoms with Crippen molar-refractivity contribution in [1.82, 2.24) is 15.0 Å². The summed E-state index contributed by atoms with van der Waals surface area (Å²) in [6, 6.07) is 3.75. The van der Waals surface area contributed by atoms with Crippen LogP contribution in [-0.4, -0.2) is 15.0 Å². The van der Waals surface area contributed by atoms with E-state index in [0.29, 0.717) is 5.95 Å². The minimum atomic E-state index is 0.290. The van der Waals surface area contributed by atoms with Crippen LogP contribution < -0.4 is 5.73 Å². The highest BCUT2D eigenvalue weighted by Crippen LogP contribution is 2.19. The van der Waals surface area contributed by atoms with Gasteiger partial charge in [0.15, 0.2) is 0 Å². The lowest BCUT2D eigenvalue weighted by atomic mass is 10.1. The highest BCUT2D eigenvalue weighted by Gasteiger charge is 2.02. The number of nitrogen functional groups attached to an aromatic ring is 1. The molecule has 0 radical (unpaired) electrons. The summed E-state index contributed by atoms with van der Waals surface area (Å²) in [6.45, 7) is 1.99. The van der Waals surface area contributed by atoms with Crippen LogP contribution in [0.2, 0.25) is 0 Å². The van der Waals surface area contributed by atoms with E-state index in [4.69, 9.17) is 5.73 Å². The highest BCUT2D eigenvalue weighted by molar-refractivity contribution is 5.62. The summed E-state index contributed by atoms with van der Waals surface area (Å²) in [4.78, 5) is 12.0. The first-order valence-corrected chi connectivity index (χ1v) is 4.27. The maximum atomic E-state index is 5.51. The molecule has 0 bridgehead atoms. The van der Waals surface area contributed by atoms with E-state index in [1.165, 1.54) is 0 Å². The molecule has 0 aliphatic rings. The van der Waals surface area contributed by atoms with Crippen LogP contribution in [0.5, 0.6) is 0 Å². The van der Waals surface area contributed by atoms with E-state index in [-0.39, 0.29) is 0 Å². The first kappa shape index (κ1) is 8.62. The van der Waals surface area contributed by atoms with Crippen LogP contribution >= 0.6 is 0 Å². The highest BCUT2D eigenvalue weighted by atomic mass is 15.0. The van der Waals surface area contributed by atoms with Gasteiger partial charge in [0, 0.05) is 24.2 Å². The molecule has 0 aliphatic carbocycles. The molecule has 0 aromatic carbocycles. The van der Waals surface area contributed by atoms with Crippen molar-refractivity contribution in [2.24, 2.45) is 0 Å². The molecule has 2 N–H and O–H groups in total. The van der Waals surface area contributed by atoms with Gasteiger partial charge in [-0.3, -0.25) is 4.98 Å². The summed E-state index contributed by atoms with van der Waals surface area (Å²) in [5.74, 6) is 0.290. The van der Waals surface area contributed by atoms with E-state index < -0.39 is 0 Å². The minimum absolute atomic E-state index is 0.290. The van der Waals surface area contributed by atoms with Gasteiger partial charge in [-0.25, -0.2) is 9.97 Å². The Hall–Kier alpha value is -1.97. The number of aromatic nitrogens is 3. The van der Waals surface area contributed by atoms with Gasteiger partial charge in [0.2, 0.25) is 5.95 Å². The molecule has 0 aliphatic heterocycles. The van der Waals surface area contributed by atoms with Gasteiger partial charge in [0.1, 0.15) is 0 Å². The Morgan fingerprint density at radius 1 is 1.21 bits per heavy atom. The lowest BCUT2D eigenvalue weighted by Gasteiger charge is -2.03. The lowest BCUT2D eigenvalue weighted by molar-refractivity contribution is 1.17. The average molecular weight is 186 g/mol. The van der Waals surface area contributed by atoms with Crippen LogP contribution in [0.1, 0.15) is 5.56 Å². The Kier molecular flexibility index (Phi) is 2.10. The average Bonchev–Trinajstić information content (AvgIpc) is 2.18. The largest absolute Gasteiger partial charge is 0.368 e. The molecule has 14 heavy (non-hydrogen) atoms. The number of hydrogen-bond acceptors (Lipinski definition) is 4. The summed E-state index contributed by atoms with van der Waals surface area (Å²) >= 11 is 0. The number of nitrogens with zero attached hydrogens (tertiary/aromatic N) is 3. The Bertz CT molecular complexity index is 453. The van der Waals surface area contributed by atoms with E-state index >= 15 is 0 Å². The number of anilines is 1. The Labute approximate surface area is 81.9 Å². The minimum Gasteiger partial charge on any atom is -0.368 e. The molecule has 4 nitrogen and oxygen atoms in total. The third kappa shape index (κ3) is 1.54. The fourth-order valence-electron chi connectivity index (χ4n) is 1.28. The number of pyridine rings is 1. The van der Waals surface area contributed by atoms with Crippen LogP contribution in [0.25, 0.3) is 11.3 Å². The molecule has 0 spiro atoms. The van der Waals surface area contributed by atoms with E-state index in [1.807, 2.05) is 19.1 Å². The molecule has 2 aromatic rings. The maximum absolute atomic E-state index is 5.51. The maximum Gasteiger partial charge on any atom is 0.220 e. The smallest absolute Gasteiger partial charge is 0.220 e. The van der Waals surface area contributed by atoms with Crippen molar-refractivity contribution in [2.45, 2.75) is 6.92 Å². The molecular formula is C10H10N4. The summed E-state index contributed by atoms with van der Waals surface area (Å²) in [6.07, 6.45) is 5.19. The first-order valence-electron chi connectivity index (χ1n) is 4.27. The van der Waals surface area contributed by atoms with Crippen molar-refractivity contribution in [3.63, 3.8) is 0 Å². The second-order valence-corrected chi connectivity index (χ2v) is 2.99. The van der Waals surface area contributed by atoms with Crippen LogP contribution in [-0.2, 0) is 0 Å². The summed E-state index contributed by atoms with van der Waals surface area (Å²) in [7, 11) is 0. The van der Waals surface area contributed by atoms with Crippen LogP contribution in [0.4, 0.5) is 5.95 Å². The van der Waals surface area contributed by atoms with E-state index in [2.05, 4.69) is 15.0 Å². The third-order valence-corrected chi connectivity index (χ3v) is 1.97. The van der Waals surface area contributed by atoms with Crippen molar-refractivity contribution in [3.8, 4) is 11.3 Å². The molecule has 4 heteroatoms. The molecule has 2 aromatic heterocycles. The van der Waals surface area contributed by atoms with Gasteiger partial charge in [0.25, 0.3) is 0 Å². The van der Waals surface area contributed by atoms with Crippen LogP contribution in [0, 0.1) is 6.92 Å². The monoisotopic (exact) mass is 186 g/mol. The van der Waals surface area contributed by atoms with Gasteiger partial charge in [-0.2, -0.15) is 0 Å². The molecule has 0 amide bonds. The molecule has 0 atom stereocenters.